The monoisotopic (exact) mass is 516 g/mol. The molecule has 0 aromatic heterocycles. The Morgan fingerprint density at radius 2 is 1.91 bits per heavy atom. The Bertz CT molecular complexity index is 1060. The minimum Gasteiger partial charge on any atom is -0.453 e. The van der Waals surface area contributed by atoms with Crippen LogP contribution < -0.4 is 15.6 Å². The number of carbonyl (C=O) groups is 2. The number of methoxy groups -OCH3 is 1. The molecule has 1 aliphatic carbocycles. The van der Waals surface area contributed by atoms with Crippen LogP contribution in [0.2, 0.25) is 5.02 Å². The predicted molar refractivity (Wildman–Crippen MR) is 119 cm³/mol. The second-order valence-electron chi connectivity index (χ2n) is 7.87. The summed E-state index contributed by atoms with van der Waals surface area (Å²) in [6, 6.07) is 8.48. The van der Waals surface area contributed by atoms with Crippen molar-refractivity contribution < 1.29 is 37.8 Å². The fraction of sp³-hybridized carbons (Fsp3) is 0.364. The quantitative estimate of drug-likeness (QED) is 0.299. The molecule has 2 aromatic rings. The number of halogens is 4. The zero-order valence-electron chi connectivity index (χ0n) is 18.5. The van der Waals surface area contributed by atoms with Crippen molar-refractivity contribution >= 4 is 29.3 Å². The number of carbonyl (C=O) groups excluding carboxylic acids is 2. The van der Waals surface area contributed by atoms with Crippen molar-refractivity contribution in [2.45, 2.75) is 37.0 Å². The van der Waals surface area contributed by atoms with Crippen LogP contribution in [0.4, 0.5) is 23.7 Å². The van der Waals surface area contributed by atoms with E-state index in [1.165, 1.54) is 24.3 Å². The molecule has 1 aliphatic rings. The number of aliphatic hydroxyl groups excluding tert-OH is 1. The Balaban J connectivity index is 2.08. The third kappa shape index (κ3) is 6.34. The first-order chi connectivity index (χ1) is 16.6. The third-order valence-electron chi connectivity index (χ3n) is 5.34. The molecule has 0 bridgehead atoms. The molecule has 0 saturated heterocycles. The maximum atomic E-state index is 14.2. The SMILES string of the molecule is COC(=O)N[C@@H](CO)N(O)N(c1cccc(F)c1)C(C(=O)NC1CC(F)(F)C1)c1ccccc1Cl. The number of hydrogen-bond donors (Lipinski definition) is 4. The summed E-state index contributed by atoms with van der Waals surface area (Å²) in [5.74, 6) is -4.47. The van der Waals surface area contributed by atoms with Gasteiger partial charge in [-0.05, 0) is 24.3 Å². The lowest BCUT2D eigenvalue weighted by molar-refractivity contribution is -0.166. The second kappa shape index (κ2) is 11.1. The van der Waals surface area contributed by atoms with Crippen molar-refractivity contribution in [1.82, 2.24) is 15.8 Å². The molecule has 3 rings (SSSR count). The van der Waals surface area contributed by atoms with E-state index in [1.54, 1.807) is 12.1 Å². The Morgan fingerprint density at radius 3 is 2.49 bits per heavy atom. The van der Waals surface area contributed by atoms with Crippen LogP contribution in [0.25, 0.3) is 0 Å². The number of alkyl carbamates (subject to hydrolysis) is 1. The Labute approximate surface area is 204 Å². The summed E-state index contributed by atoms with van der Waals surface area (Å²) < 4.78 is 45.4. The molecule has 2 atom stereocenters. The first-order valence-corrected chi connectivity index (χ1v) is 10.8. The lowest BCUT2D eigenvalue weighted by Gasteiger charge is -2.42. The molecule has 35 heavy (non-hydrogen) atoms. The van der Waals surface area contributed by atoms with Gasteiger partial charge in [-0.25, -0.2) is 18.0 Å². The molecule has 1 saturated carbocycles. The van der Waals surface area contributed by atoms with Gasteiger partial charge in [-0.1, -0.05) is 41.0 Å². The van der Waals surface area contributed by atoms with E-state index in [0.717, 1.165) is 24.3 Å². The molecule has 0 heterocycles. The van der Waals surface area contributed by atoms with Gasteiger partial charge >= 0.3 is 6.09 Å². The molecule has 1 fully saturated rings. The van der Waals surface area contributed by atoms with Crippen LogP contribution in [0, 0.1) is 5.82 Å². The van der Waals surface area contributed by atoms with Gasteiger partial charge in [-0.15, -0.1) is 0 Å². The lowest BCUT2D eigenvalue weighted by atomic mass is 9.88. The first kappa shape index (κ1) is 26.5. The zero-order valence-corrected chi connectivity index (χ0v) is 19.3. The molecule has 0 spiro atoms. The molecule has 0 aliphatic heterocycles. The van der Waals surface area contributed by atoms with Crippen molar-refractivity contribution in [3.63, 3.8) is 0 Å². The van der Waals surface area contributed by atoms with Crippen LogP contribution in [-0.4, -0.2) is 59.3 Å². The molecule has 9 nitrogen and oxygen atoms in total. The van der Waals surface area contributed by atoms with Gasteiger partial charge in [0.25, 0.3) is 5.92 Å². The van der Waals surface area contributed by atoms with Crippen LogP contribution in [0.5, 0.6) is 0 Å². The fourth-order valence-corrected chi connectivity index (χ4v) is 3.89. The summed E-state index contributed by atoms with van der Waals surface area (Å²) in [7, 11) is 1.06. The first-order valence-electron chi connectivity index (χ1n) is 10.5. The van der Waals surface area contributed by atoms with E-state index in [-0.39, 0.29) is 16.3 Å². The number of benzene rings is 2. The number of amides is 2. The van der Waals surface area contributed by atoms with Gasteiger partial charge in [0.05, 0.1) is 19.4 Å². The van der Waals surface area contributed by atoms with Crippen molar-refractivity contribution in [1.29, 1.82) is 0 Å². The number of nitrogens with zero attached hydrogens (tertiary/aromatic N) is 2. The molecule has 190 valence electrons. The Kier molecular flexibility index (Phi) is 8.43. The van der Waals surface area contributed by atoms with Crippen LogP contribution in [-0.2, 0) is 9.53 Å². The summed E-state index contributed by atoms with van der Waals surface area (Å²) in [6.07, 6.45) is -3.71. The average molecular weight is 517 g/mol. The van der Waals surface area contributed by atoms with E-state index in [2.05, 4.69) is 15.4 Å². The van der Waals surface area contributed by atoms with E-state index in [4.69, 9.17) is 11.6 Å². The average Bonchev–Trinajstić information content (AvgIpc) is 2.79. The molecule has 0 radical (unpaired) electrons. The largest absolute Gasteiger partial charge is 0.453 e. The highest BCUT2D eigenvalue weighted by Crippen LogP contribution is 2.39. The maximum absolute atomic E-state index is 14.2. The normalized spacial score (nSPS) is 16.7. The maximum Gasteiger partial charge on any atom is 0.408 e. The minimum absolute atomic E-state index is 0.0726. The fourth-order valence-electron chi connectivity index (χ4n) is 3.65. The number of aliphatic hydroxyl groups is 1. The van der Waals surface area contributed by atoms with Gasteiger partial charge in [0.15, 0.2) is 12.2 Å². The topological polar surface area (TPSA) is 114 Å². The smallest absolute Gasteiger partial charge is 0.408 e. The van der Waals surface area contributed by atoms with Crippen molar-refractivity contribution in [2.24, 2.45) is 0 Å². The Morgan fingerprint density at radius 1 is 1.23 bits per heavy atom. The minimum atomic E-state index is -2.91. The number of anilines is 1. The number of alkyl halides is 2. The molecule has 4 N–H and O–H groups in total. The van der Waals surface area contributed by atoms with E-state index >= 15 is 0 Å². The zero-order chi connectivity index (χ0) is 25.8. The van der Waals surface area contributed by atoms with Gasteiger partial charge in [0.1, 0.15) is 5.82 Å². The molecule has 2 amide bonds. The highest BCUT2D eigenvalue weighted by atomic mass is 35.5. The van der Waals surface area contributed by atoms with Gasteiger partial charge in [0.2, 0.25) is 5.91 Å². The summed E-state index contributed by atoms with van der Waals surface area (Å²) in [5.41, 5.74) is 0.0624. The van der Waals surface area contributed by atoms with E-state index in [9.17, 15) is 33.1 Å². The second-order valence-corrected chi connectivity index (χ2v) is 8.28. The molecule has 13 heteroatoms. The summed E-state index contributed by atoms with van der Waals surface area (Å²) in [4.78, 5) is 25.2. The molecule has 1 unspecified atom stereocenters. The van der Waals surface area contributed by atoms with Crippen LogP contribution in [0.3, 0.4) is 0 Å². The van der Waals surface area contributed by atoms with Crippen LogP contribution in [0.1, 0.15) is 24.4 Å². The molecular formula is C22H24ClF3N4O5. The van der Waals surface area contributed by atoms with E-state index in [0.29, 0.717) is 5.17 Å². The van der Waals surface area contributed by atoms with E-state index < -0.39 is 61.4 Å². The van der Waals surface area contributed by atoms with Gasteiger partial charge < -0.3 is 15.2 Å². The highest BCUT2D eigenvalue weighted by Gasteiger charge is 2.47. The van der Waals surface area contributed by atoms with E-state index in [1.807, 2.05) is 0 Å². The molecular weight excluding hydrogens is 493 g/mol. The summed E-state index contributed by atoms with van der Waals surface area (Å²) >= 11 is 6.34. The number of hydroxylamine groups is 1. The predicted octanol–water partition coefficient (Wildman–Crippen LogP) is 3.22. The van der Waals surface area contributed by atoms with Gasteiger partial charge in [-0.2, -0.15) is 0 Å². The summed E-state index contributed by atoms with van der Waals surface area (Å²) in [5, 5.41) is 26.8. The number of hydrogen-bond acceptors (Lipinski definition) is 7. The Hall–Kier alpha value is -3.06. The number of nitrogens with one attached hydrogen (secondary N) is 2. The van der Waals surface area contributed by atoms with Gasteiger partial charge in [-0.3, -0.25) is 20.3 Å². The van der Waals surface area contributed by atoms with Crippen LogP contribution in [0.15, 0.2) is 48.5 Å². The van der Waals surface area contributed by atoms with Crippen molar-refractivity contribution in [3.8, 4) is 0 Å². The highest BCUT2D eigenvalue weighted by molar-refractivity contribution is 6.31. The number of rotatable bonds is 9. The molecule has 2 aromatic carbocycles. The van der Waals surface area contributed by atoms with Crippen LogP contribution >= 0.6 is 11.6 Å². The third-order valence-corrected chi connectivity index (χ3v) is 5.69. The lowest BCUT2D eigenvalue weighted by Crippen LogP contribution is -2.60. The standard InChI is InChI=1S/C22H24ClF3N4O5/c1-35-21(33)28-18(12-31)30(34)29(15-6-4-5-13(24)9-15)19(16-7-2-3-8-17(16)23)20(32)27-14-10-22(25,26)11-14/h2-9,14,18-19,31,34H,10-12H2,1H3,(H,27,32)(H,28,33)/t18-,19?/m1/s1. The number of ether oxygens (including phenoxy) is 1. The van der Waals surface area contributed by atoms with Gasteiger partial charge in [0, 0.05) is 29.5 Å². The van der Waals surface area contributed by atoms with Crippen molar-refractivity contribution in [3.05, 3.63) is 64.9 Å². The summed E-state index contributed by atoms with van der Waals surface area (Å²) in [6.45, 7) is -0.858. The number of hydrazine groups is 1. The van der Waals surface area contributed by atoms with Crippen molar-refractivity contribution in [2.75, 3.05) is 18.7 Å².